The van der Waals surface area contributed by atoms with Crippen molar-refractivity contribution >= 4 is 24.0 Å². The Morgan fingerprint density at radius 1 is 1.28 bits per heavy atom. The molecule has 0 bridgehead atoms. The van der Waals surface area contributed by atoms with Crippen molar-refractivity contribution in [1.82, 2.24) is 9.88 Å². The van der Waals surface area contributed by atoms with Gasteiger partial charge in [0.15, 0.2) is 0 Å². The predicted molar refractivity (Wildman–Crippen MR) is 113 cm³/mol. The summed E-state index contributed by atoms with van der Waals surface area (Å²) in [6, 6.07) is 7.47. The van der Waals surface area contributed by atoms with Crippen molar-refractivity contribution in [3.8, 4) is 0 Å². The Morgan fingerprint density at radius 3 is 2.38 bits per heavy atom. The molecule has 0 spiro atoms. The molecule has 8 heteroatoms. The minimum atomic E-state index is -0.933. The van der Waals surface area contributed by atoms with Crippen LogP contribution in [0.5, 0.6) is 0 Å². The number of benzene rings is 1. The van der Waals surface area contributed by atoms with Crippen LogP contribution in [0.3, 0.4) is 0 Å². The molecule has 1 aromatic heterocycles. The maximum Gasteiger partial charge on any atom is 0.255 e. The van der Waals surface area contributed by atoms with Gasteiger partial charge >= 0.3 is 0 Å². The zero-order valence-electron chi connectivity index (χ0n) is 16.9. The number of pyridine rings is 1. The number of carbonyl (C=O) groups excluding carboxylic acids is 1. The highest BCUT2D eigenvalue weighted by atomic mass is 19.1. The van der Waals surface area contributed by atoms with Crippen molar-refractivity contribution in [2.45, 2.75) is 32.8 Å². The Labute approximate surface area is 170 Å². The van der Waals surface area contributed by atoms with Crippen LogP contribution >= 0.6 is 0 Å². The highest BCUT2D eigenvalue weighted by molar-refractivity contribution is 6.12. The molecule has 0 aliphatic carbocycles. The summed E-state index contributed by atoms with van der Waals surface area (Å²) in [5, 5.41) is 22.1. The summed E-state index contributed by atoms with van der Waals surface area (Å²) in [4.78, 5) is 18.6. The van der Waals surface area contributed by atoms with Crippen LogP contribution in [0.25, 0.3) is 0 Å². The minimum absolute atomic E-state index is 0.135. The first-order chi connectivity index (χ1) is 13.6. The summed E-state index contributed by atoms with van der Waals surface area (Å²) < 4.78 is 13.1. The van der Waals surface area contributed by atoms with Crippen molar-refractivity contribution in [2.75, 3.05) is 18.8 Å². The van der Waals surface area contributed by atoms with E-state index in [4.69, 9.17) is 16.6 Å². The lowest BCUT2D eigenvalue weighted by atomic mass is 10.0. The highest BCUT2D eigenvalue weighted by Gasteiger charge is 2.18. The minimum Gasteiger partial charge on any atom is -0.398 e. The second-order valence-electron chi connectivity index (χ2n) is 6.80. The number of hydrogen-bond acceptors (Lipinski definition) is 6. The predicted octanol–water partition coefficient (Wildman–Crippen LogP) is 3.02. The van der Waals surface area contributed by atoms with E-state index in [1.54, 1.807) is 24.9 Å². The van der Waals surface area contributed by atoms with Gasteiger partial charge in [0.1, 0.15) is 5.82 Å². The van der Waals surface area contributed by atoms with E-state index in [2.05, 4.69) is 4.98 Å². The van der Waals surface area contributed by atoms with Crippen LogP contribution in [0.4, 0.5) is 10.1 Å². The number of aliphatic hydroxyl groups is 1. The molecule has 0 saturated carbocycles. The second kappa shape index (κ2) is 11.0. The number of likely N-dealkylation sites (N-methyl/N-ethyl adjacent to an activating group) is 1. The van der Waals surface area contributed by atoms with Gasteiger partial charge in [0.05, 0.1) is 11.2 Å². The monoisotopic (exact) mass is 401 g/mol. The average molecular weight is 401 g/mol. The van der Waals surface area contributed by atoms with E-state index in [9.17, 15) is 14.3 Å². The van der Waals surface area contributed by atoms with Crippen molar-refractivity contribution < 1.29 is 14.3 Å². The first kappa shape index (κ1) is 23.9. The third-order valence-corrected chi connectivity index (χ3v) is 4.17. The zero-order valence-corrected chi connectivity index (χ0v) is 16.9. The normalized spacial score (nSPS) is 10.5. The van der Waals surface area contributed by atoms with Crippen LogP contribution in [0.1, 0.15) is 42.4 Å². The molecule has 0 fully saturated rings. The maximum absolute atomic E-state index is 13.1. The fraction of sp³-hybridized carbons (Fsp3) is 0.333. The van der Waals surface area contributed by atoms with E-state index < -0.39 is 11.4 Å². The van der Waals surface area contributed by atoms with Crippen molar-refractivity contribution in [1.29, 1.82) is 10.8 Å². The summed E-state index contributed by atoms with van der Waals surface area (Å²) in [6.07, 6.45) is 4.05. The fourth-order valence-corrected chi connectivity index (χ4v) is 2.49. The molecular formula is C21H28FN5O2. The number of anilines is 1. The number of halogens is 1. The maximum atomic E-state index is 13.1. The van der Waals surface area contributed by atoms with Gasteiger partial charge in [-0.15, -0.1) is 0 Å². The Balaban J connectivity index is 0.000000960. The average Bonchev–Trinajstić information content (AvgIpc) is 2.68. The van der Waals surface area contributed by atoms with E-state index in [-0.39, 0.29) is 11.6 Å². The number of nitrogens with one attached hydrogen (secondary N) is 2. The number of hydrogen-bond donors (Lipinski definition) is 4. The third-order valence-electron chi connectivity index (χ3n) is 4.17. The molecule has 2 aromatic rings. The molecule has 0 radical (unpaired) electrons. The van der Waals surface area contributed by atoms with Crippen molar-refractivity contribution in [3.63, 3.8) is 0 Å². The van der Waals surface area contributed by atoms with Crippen LogP contribution < -0.4 is 5.73 Å². The molecule has 1 heterocycles. The first-order valence-electron chi connectivity index (χ1n) is 9.15. The molecule has 156 valence electrons. The number of aromatic nitrogens is 1. The van der Waals surface area contributed by atoms with Crippen LogP contribution in [0, 0.1) is 16.6 Å². The standard InChI is InChI=1S/C19H24FN3O2.C2H4N2/c1-4-23(18(24)16-8-6-14(20)11-17(16)21)10-9-15-7-5-13(12-22-15)19(2,3)25;3-1-2-4/h5-8,11-12,25H,4,9-10,21H2,1-3H3;1-4H. The van der Waals surface area contributed by atoms with Gasteiger partial charge in [0.2, 0.25) is 0 Å². The molecule has 1 aromatic carbocycles. The van der Waals surface area contributed by atoms with Gasteiger partial charge in [0.25, 0.3) is 5.91 Å². The van der Waals surface area contributed by atoms with E-state index in [1.807, 2.05) is 19.1 Å². The summed E-state index contributed by atoms with van der Waals surface area (Å²) >= 11 is 0. The molecule has 29 heavy (non-hydrogen) atoms. The van der Waals surface area contributed by atoms with E-state index in [0.717, 1.165) is 29.8 Å². The number of carbonyl (C=O) groups is 1. The molecule has 0 unspecified atom stereocenters. The van der Waals surface area contributed by atoms with Crippen LogP contribution in [-0.4, -0.2) is 46.4 Å². The van der Waals surface area contributed by atoms with Gasteiger partial charge in [-0.2, -0.15) is 0 Å². The smallest absolute Gasteiger partial charge is 0.255 e. The van der Waals surface area contributed by atoms with Gasteiger partial charge in [-0.3, -0.25) is 9.78 Å². The second-order valence-corrected chi connectivity index (χ2v) is 6.80. The Morgan fingerprint density at radius 2 is 1.93 bits per heavy atom. The number of nitrogens with two attached hydrogens (primary N) is 1. The first-order valence-corrected chi connectivity index (χ1v) is 9.15. The van der Waals surface area contributed by atoms with Crippen LogP contribution in [0.2, 0.25) is 0 Å². The Bertz CT molecular complexity index is 826. The van der Waals surface area contributed by atoms with Crippen molar-refractivity contribution in [2.24, 2.45) is 0 Å². The number of nitrogen functional groups attached to an aromatic ring is 1. The molecule has 0 atom stereocenters. The SMILES string of the molecule is CCN(CCc1ccc(C(C)(C)O)cn1)C(=O)c1ccc(F)cc1N.N=CC=N. The molecule has 2 rings (SSSR count). The Hall–Kier alpha value is -3.13. The van der Waals surface area contributed by atoms with Gasteiger partial charge in [-0.05, 0) is 45.0 Å². The van der Waals surface area contributed by atoms with Crippen LogP contribution in [0.15, 0.2) is 36.5 Å². The topological polar surface area (TPSA) is 127 Å². The number of amides is 1. The fourth-order valence-electron chi connectivity index (χ4n) is 2.49. The van der Waals surface area contributed by atoms with E-state index in [0.29, 0.717) is 25.1 Å². The van der Waals surface area contributed by atoms with Crippen LogP contribution in [-0.2, 0) is 12.0 Å². The van der Waals surface area contributed by atoms with E-state index in [1.165, 1.54) is 12.1 Å². The number of rotatable bonds is 7. The lowest BCUT2D eigenvalue weighted by Gasteiger charge is -2.22. The van der Waals surface area contributed by atoms with Gasteiger partial charge in [-0.25, -0.2) is 4.39 Å². The molecule has 1 amide bonds. The quantitative estimate of drug-likeness (QED) is 0.420. The lowest BCUT2D eigenvalue weighted by molar-refractivity contribution is 0.0766. The third kappa shape index (κ3) is 7.42. The lowest BCUT2D eigenvalue weighted by Crippen LogP contribution is -2.33. The molecule has 0 aliphatic heterocycles. The number of nitrogens with zero attached hydrogens (tertiary/aromatic N) is 2. The highest BCUT2D eigenvalue weighted by Crippen LogP contribution is 2.19. The van der Waals surface area contributed by atoms with Gasteiger partial charge < -0.3 is 26.6 Å². The molecule has 0 aliphatic rings. The van der Waals surface area contributed by atoms with Gasteiger partial charge in [0, 0.05) is 55.1 Å². The zero-order chi connectivity index (χ0) is 22.0. The summed E-state index contributed by atoms with van der Waals surface area (Å²) in [6.45, 7) is 6.27. The molecule has 5 N–H and O–H groups in total. The largest absolute Gasteiger partial charge is 0.398 e. The van der Waals surface area contributed by atoms with Gasteiger partial charge in [-0.1, -0.05) is 6.07 Å². The van der Waals surface area contributed by atoms with E-state index >= 15 is 0 Å². The summed E-state index contributed by atoms with van der Waals surface area (Å²) in [5.41, 5.74) is 6.82. The molecule has 0 saturated heterocycles. The summed E-state index contributed by atoms with van der Waals surface area (Å²) in [7, 11) is 0. The molecule has 7 nitrogen and oxygen atoms in total. The Kier molecular flexibility index (Phi) is 9.08. The van der Waals surface area contributed by atoms with Crippen molar-refractivity contribution in [3.05, 3.63) is 59.2 Å². The molecular weight excluding hydrogens is 373 g/mol. The summed E-state index contributed by atoms with van der Waals surface area (Å²) in [5.74, 6) is -0.693.